The van der Waals surface area contributed by atoms with E-state index in [0.717, 1.165) is 25.2 Å². The number of hydrogen-bond acceptors (Lipinski definition) is 7. The highest BCUT2D eigenvalue weighted by Crippen LogP contribution is 2.20. The van der Waals surface area contributed by atoms with E-state index >= 15 is 0 Å². The molecule has 0 aliphatic carbocycles. The van der Waals surface area contributed by atoms with Crippen LogP contribution in [0.5, 0.6) is 0 Å². The Labute approximate surface area is 186 Å². The summed E-state index contributed by atoms with van der Waals surface area (Å²) in [5.74, 6) is 0.849. The average Bonchev–Trinajstić information content (AvgIpc) is 3.08. The van der Waals surface area contributed by atoms with E-state index in [1.54, 1.807) is 23.0 Å². The molecule has 1 saturated heterocycles. The quantitative estimate of drug-likeness (QED) is 0.665. The summed E-state index contributed by atoms with van der Waals surface area (Å²) in [6.07, 6.45) is 3.99. The molecule has 4 rings (SSSR count). The number of anilines is 2. The van der Waals surface area contributed by atoms with Crippen LogP contribution in [0.2, 0.25) is 0 Å². The molecule has 1 amide bonds. The number of para-hydroxylation sites is 1. The van der Waals surface area contributed by atoms with Gasteiger partial charge in [0.15, 0.2) is 5.82 Å². The van der Waals surface area contributed by atoms with Gasteiger partial charge in [-0.05, 0) is 30.7 Å². The molecule has 1 aliphatic rings. The highest BCUT2D eigenvalue weighted by molar-refractivity contribution is 5.93. The van der Waals surface area contributed by atoms with Crippen LogP contribution < -0.4 is 10.2 Å². The number of rotatable bonds is 5. The summed E-state index contributed by atoms with van der Waals surface area (Å²) in [5.41, 5.74) is 1.62. The molecule has 0 spiro atoms. The molecule has 0 saturated carbocycles. The average molecular weight is 426 g/mol. The second-order valence-electron chi connectivity index (χ2n) is 7.42. The molecule has 2 aromatic heterocycles. The fourth-order valence-electron chi connectivity index (χ4n) is 3.77. The second-order valence-corrected chi connectivity index (χ2v) is 7.42. The van der Waals surface area contributed by atoms with Gasteiger partial charge in [0, 0.05) is 32.4 Å². The van der Waals surface area contributed by atoms with Crippen molar-refractivity contribution in [3.63, 3.8) is 0 Å². The first-order valence-corrected chi connectivity index (χ1v) is 10.4. The van der Waals surface area contributed by atoms with Gasteiger partial charge < -0.3 is 10.2 Å². The van der Waals surface area contributed by atoms with Crippen molar-refractivity contribution in [2.24, 2.45) is 0 Å². The third-order valence-electron chi connectivity index (χ3n) is 5.31. The molecule has 1 fully saturated rings. The molecule has 160 valence electrons. The summed E-state index contributed by atoms with van der Waals surface area (Å²) in [7, 11) is 0. The van der Waals surface area contributed by atoms with Gasteiger partial charge in [-0.1, -0.05) is 18.2 Å². The molecule has 32 heavy (non-hydrogen) atoms. The number of aromatic nitrogens is 3. The van der Waals surface area contributed by atoms with Gasteiger partial charge >= 0.3 is 0 Å². The van der Waals surface area contributed by atoms with Gasteiger partial charge in [0.25, 0.3) is 0 Å². The maximum absolute atomic E-state index is 12.8. The lowest BCUT2D eigenvalue weighted by Gasteiger charge is -2.23. The molecular formula is C23H22N8O. The number of nitrogens with one attached hydrogen (secondary N) is 1. The predicted molar refractivity (Wildman–Crippen MR) is 119 cm³/mol. The molecule has 0 unspecified atom stereocenters. The number of hydrogen-bond donors (Lipinski definition) is 1. The van der Waals surface area contributed by atoms with E-state index < -0.39 is 0 Å². The zero-order valence-electron chi connectivity index (χ0n) is 17.5. The Morgan fingerprint density at radius 1 is 1.00 bits per heavy atom. The van der Waals surface area contributed by atoms with Crippen molar-refractivity contribution in [1.82, 2.24) is 19.7 Å². The lowest BCUT2D eigenvalue weighted by molar-refractivity contribution is -0.117. The van der Waals surface area contributed by atoms with Crippen molar-refractivity contribution < 1.29 is 4.79 Å². The predicted octanol–water partition coefficient (Wildman–Crippen LogP) is 2.16. The Hall–Kier alpha value is -4.21. The smallest absolute Gasteiger partial charge is 0.239 e. The highest BCUT2D eigenvalue weighted by Gasteiger charge is 2.21. The monoisotopic (exact) mass is 426 g/mol. The normalized spacial score (nSPS) is 14.2. The topological polar surface area (TPSA) is 114 Å². The standard InChI is InChI=1S/C23H22N8O/c24-14-18-6-4-9-26-22(18)30-11-5-10-29(12-13-30)17-21(32)28-23-19(15-25)16-27-31(23)20-7-2-1-3-8-20/h1-4,6-9,16H,5,10-13,17H2,(H,28,32). The Kier molecular flexibility index (Phi) is 6.40. The molecule has 0 radical (unpaired) electrons. The molecule has 3 aromatic rings. The summed E-state index contributed by atoms with van der Waals surface area (Å²) >= 11 is 0. The van der Waals surface area contributed by atoms with Crippen molar-refractivity contribution in [3.8, 4) is 17.8 Å². The SMILES string of the molecule is N#Cc1cccnc1N1CCCN(CC(=O)Nc2c(C#N)cnn2-c2ccccc2)CC1. The summed E-state index contributed by atoms with van der Waals surface area (Å²) in [6, 6.07) is 17.2. The number of benzene rings is 1. The Bertz CT molecular complexity index is 1170. The van der Waals surface area contributed by atoms with E-state index in [9.17, 15) is 15.3 Å². The third kappa shape index (κ3) is 4.59. The zero-order chi connectivity index (χ0) is 22.3. The van der Waals surface area contributed by atoms with E-state index in [4.69, 9.17) is 0 Å². The Morgan fingerprint density at radius 2 is 1.81 bits per heavy atom. The van der Waals surface area contributed by atoms with Gasteiger partial charge in [-0.2, -0.15) is 15.6 Å². The lowest BCUT2D eigenvalue weighted by Crippen LogP contribution is -2.37. The number of pyridine rings is 1. The summed E-state index contributed by atoms with van der Waals surface area (Å²) in [6.45, 7) is 3.05. The van der Waals surface area contributed by atoms with E-state index in [1.807, 2.05) is 30.3 Å². The van der Waals surface area contributed by atoms with Gasteiger partial charge in [-0.25, -0.2) is 9.67 Å². The van der Waals surface area contributed by atoms with Crippen LogP contribution in [0, 0.1) is 22.7 Å². The number of nitrogens with zero attached hydrogens (tertiary/aromatic N) is 7. The summed E-state index contributed by atoms with van der Waals surface area (Å²) < 4.78 is 1.56. The highest BCUT2D eigenvalue weighted by atomic mass is 16.2. The number of carbonyl (C=O) groups is 1. The van der Waals surface area contributed by atoms with Crippen LogP contribution in [0.25, 0.3) is 5.69 Å². The molecule has 0 bridgehead atoms. The van der Waals surface area contributed by atoms with E-state index in [-0.39, 0.29) is 12.5 Å². The van der Waals surface area contributed by atoms with E-state index in [2.05, 4.69) is 37.3 Å². The van der Waals surface area contributed by atoms with Crippen molar-refractivity contribution >= 4 is 17.5 Å². The van der Waals surface area contributed by atoms with Crippen LogP contribution in [-0.2, 0) is 4.79 Å². The minimum atomic E-state index is -0.205. The molecule has 1 aliphatic heterocycles. The van der Waals surface area contributed by atoms with Gasteiger partial charge in [-0.3, -0.25) is 9.69 Å². The van der Waals surface area contributed by atoms with E-state index in [0.29, 0.717) is 35.9 Å². The Morgan fingerprint density at radius 3 is 2.59 bits per heavy atom. The van der Waals surface area contributed by atoms with Crippen LogP contribution in [0.4, 0.5) is 11.6 Å². The number of nitriles is 2. The first kappa shape index (κ1) is 21.0. The van der Waals surface area contributed by atoms with Gasteiger partial charge in [-0.15, -0.1) is 0 Å². The van der Waals surface area contributed by atoms with Crippen molar-refractivity contribution in [2.75, 3.05) is 42.9 Å². The van der Waals surface area contributed by atoms with Crippen LogP contribution in [0.3, 0.4) is 0 Å². The summed E-state index contributed by atoms with van der Waals surface area (Å²) in [5, 5.41) is 25.9. The maximum Gasteiger partial charge on any atom is 0.239 e. The van der Waals surface area contributed by atoms with Crippen LogP contribution in [0.15, 0.2) is 54.9 Å². The van der Waals surface area contributed by atoms with Crippen molar-refractivity contribution in [2.45, 2.75) is 6.42 Å². The van der Waals surface area contributed by atoms with Crippen molar-refractivity contribution in [1.29, 1.82) is 10.5 Å². The van der Waals surface area contributed by atoms with Gasteiger partial charge in [0.05, 0.1) is 24.0 Å². The van der Waals surface area contributed by atoms with E-state index in [1.165, 1.54) is 6.20 Å². The minimum absolute atomic E-state index is 0.200. The molecule has 3 heterocycles. The second kappa shape index (κ2) is 9.73. The lowest BCUT2D eigenvalue weighted by atomic mass is 10.2. The fourth-order valence-corrected chi connectivity index (χ4v) is 3.77. The molecule has 9 nitrogen and oxygen atoms in total. The maximum atomic E-state index is 12.8. The van der Waals surface area contributed by atoms with Crippen LogP contribution >= 0.6 is 0 Å². The number of amides is 1. The largest absolute Gasteiger partial charge is 0.354 e. The third-order valence-corrected chi connectivity index (χ3v) is 5.31. The van der Waals surface area contributed by atoms with Gasteiger partial charge in [0.2, 0.25) is 5.91 Å². The molecule has 9 heteroatoms. The minimum Gasteiger partial charge on any atom is -0.354 e. The molecular weight excluding hydrogens is 404 g/mol. The van der Waals surface area contributed by atoms with Gasteiger partial charge in [0.1, 0.15) is 23.5 Å². The molecule has 1 aromatic carbocycles. The molecule has 0 atom stereocenters. The Balaban J connectivity index is 1.42. The first-order chi connectivity index (χ1) is 15.7. The van der Waals surface area contributed by atoms with Crippen LogP contribution in [0.1, 0.15) is 17.5 Å². The zero-order valence-corrected chi connectivity index (χ0v) is 17.5. The fraction of sp³-hybridized carbons (Fsp3) is 0.261. The first-order valence-electron chi connectivity index (χ1n) is 10.4. The molecule has 1 N–H and O–H groups in total. The van der Waals surface area contributed by atoms with Crippen LogP contribution in [-0.4, -0.2) is 58.3 Å². The number of carbonyl (C=O) groups excluding carboxylic acids is 1. The summed E-state index contributed by atoms with van der Waals surface area (Å²) in [4.78, 5) is 21.4. The van der Waals surface area contributed by atoms with Crippen molar-refractivity contribution in [3.05, 3.63) is 66.0 Å².